The molecule has 0 spiro atoms. The van der Waals surface area contributed by atoms with Gasteiger partial charge in [0.1, 0.15) is 11.6 Å². The van der Waals surface area contributed by atoms with Crippen LogP contribution in [0.15, 0.2) is 36.7 Å². The van der Waals surface area contributed by atoms with Crippen LogP contribution in [-0.2, 0) is 6.54 Å². The first kappa shape index (κ1) is 16.8. The predicted octanol–water partition coefficient (Wildman–Crippen LogP) is 2.48. The molecule has 1 aromatic carbocycles. The maximum atomic E-state index is 13.4. The van der Waals surface area contributed by atoms with Crippen LogP contribution in [0.1, 0.15) is 24.9 Å². The Kier molecular flexibility index (Phi) is 5.96. The van der Waals surface area contributed by atoms with Crippen LogP contribution in [0.5, 0.6) is 5.75 Å². The highest BCUT2D eigenvalue weighted by Gasteiger charge is 2.14. The number of aromatic nitrogens is 2. The molecule has 0 unspecified atom stereocenters. The van der Waals surface area contributed by atoms with Gasteiger partial charge in [0.15, 0.2) is 0 Å². The molecule has 6 nitrogen and oxygen atoms in total. The molecule has 0 aliphatic heterocycles. The molecule has 2 rings (SSSR count). The van der Waals surface area contributed by atoms with Gasteiger partial charge in [0.05, 0.1) is 13.2 Å². The van der Waals surface area contributed by atoms with Crippen LogP contribution >= 0.6 is 0 Å². The minimum Gasteiger partial charge on any atom is -0.496 e. The Labute approximate surface area is 134 Å². The number of ether oxygens (including phenoxy) is 1. The summed E-state index contributed by atoms with van der Waals surface area (Å²) in [6, 6.07) is 5.42. The van der Waals surface area contributed by atoms with E-state index in [1.807, 2.05) is 12.3 Å². The molecule has 2 amide bonds. The highest BCUT2D eigenvalue weighted by atomic mass is 19.1. The van der Waals surface area contributed by atoms with Gasteiger partial charge in [-0.25, -0.2) is 9.18 Å². The van der Waals surface area contributed by atoms with E-state index < -0.39 is 0 Å². The minimum absolute atomic E-state index is 0.302. The molecule has 1 heterocycles. The zero-order valence-electron chi connectivity index (χ0n) is 13.3. The third-order valence-electron chi connectivity index (χ3n) is 3.41. The number of aryl methyl sites for hydroxylation is 1. The zero-order chi connectivity index (χ0) is 16.7. The Morgan fingerprint density at radius 2 is 2.30 bits per heavy atom. The molecule has 0 bridgehead atoms. The molecule has 23 heavy (non-hydrogen) atoms. The third kappa shape index (κ3) is 4.98. The van der Waals surface area contributed by atoms with Gasteiger partial charge < -0.3 is 15.4 Å². The van der Waals surface area contributed by atoms with Gasteiger partial charge in [0, 0.05) is 31.0 Å². The highest BCUT2D eigenvalue weighted by Crippen LogP contribution is 2.25. The molecule has 1 atom stereocenters. The Balaban J connectivity index is 1.79. The summed E-state index contributed by atoms with van der Waals surface area (Å²) < 4.78 is 20.4. The van der Waals surface area contributed by atoms with Crippen LogP contribution in [-0.4, -0.2) is 29.5 Å². The highest BCUT2D eigenvalue weighted by molar-refractivity contribution is 5.74. The zero-order valence-corrected chi connectivity index (χ0v) is 13.3. The van der Waals surface area contributed by atoms with E-state index in [9.17, 15) is 9.18 Å². The van der Waals surface area contributed by atoms with Crippen molar-refractivity contribution in [3.63, 3.8) is 0 Å². The fourth-order valence-corrected chi connectivity index (χ4v) is 2.24. The third-order valence-corrected chi connectivity index (χ3v) is 3.41. The summed E-state index contributed by atoms with van der Waals surface area (Å²) >= 11 is 0. The summed E-state index contributed by atoms with van der Waals surface area (Å²) in [6.45, 7) is 3.04. The first-order valence-corrected chi connectivity index (χ1v) is 7.45. The molecule has 2 aromatic rings. The second kappa shape index (κ2) is 8.17. The number of carbonyl (C=O) groups is 1. The Bertz CT molecular complexity index is 631. The van der Waals surface area contributed by atoms with Crippen molar-refractivity contribution in [1.82, 2.24) is 20.4 Å². The van der Waals surface area contributed by atoms with E-state index in [-0.39, 0.29) is 17.9 Å². The van der Waals surface area contributed by atoms with Crippen molar-refractivity contribution < 1.29 is 13.9 Å². The van der Waals surface area contributed by atoms with E-state index in [1.54, 1.807) is 23.9 Å². The van der Waals surface area contributed by atoms with Crippen molar-refractivity contribution in [2.45, 2.75) is 25.9 Å². The molecule has 0 fully saturated rings. The molecule has 7 heteroatoms. The van der Waals surface area contributed by atoms with Crippen LogP contribution in [0.3, 0.4) is 0 Å². The Hall–Kier alpha value is -2.57. The number of hydrogen-bond donors (Lipinski definition) is 2. The lowest BCUT2D eigenvalue weighted by Gasteiger charge is -2.18. The summed E-state index contributed by atoms with van der Waals surface area (Å²) in [6.07, 6.45) is 4.36. The number of carbonyl (C=O) groups excluding carboxylic acids is 1. The number of rotatable bonds is 7. The maximum absolute atomic E-state index is 13.4. The molecule has 0 aliphatic rings. The van der Waals surface area contributed by atoms with Crippen molar-refractivity contribution in [2.24, 2.45) is 0 Å². The topological polar surface area (TPSA) is 68.2 Å². The quantitative estimate of drug-likeness (QED) is 0.770. The number of hydrogen-bond acceptors (Lipinski definition) is 3. The van der Waals surface area contributed by atoms with Crippen molar-refractivity contribution in [3.8, 4) is 5.75 Å². The van der Waals surface area contributed by atoms with Crippen LogP contribution in [0.2, 0.25) is 0 Å². The molecule has 0 saturated heterocycles. The van der Waals surface area contributed by atoms with E-state index in [0.29, 0.717) is 17.9 Å². The van der Waals surface area contributed by atoms with Gasteiger partial charge >= 0.3 is 6.03 Å². The van der Waals surface area contributed by atoms with Crippen molar-refractivity contribution in [1.29, 1.82) is 0 Å². The number of methoxy groups -OCH3 is 1. The van der Waals surface area contributed by atoms with E-state index in [0.717, 1.165) is 13.0 Å². The van der Waals surface area contributed by atoms with Crippen LogP contribution in [0.4, 0.5) is 9.18 Å². The maximum Gasteiger partial charge on any atom is 0.315 e. The van der Waals surface area contributed by atoms with Gasteiger partial charge in [0.2, 0.25) is 0 Å². The number of nitrogens with zero attached hydrogens (tertiary/aromatic N) is 2. The molecular formula is C16H21FN4O2. The molecule has 2 N–H and O–H groups in total. The monoisotopic (exact) mass is 320 g/mol. The fourth-order valence-electron chi connectivity index (χ4n) is 2.24. The first-order chi connectivity index (χ1) is 11.1. The number of halogens is 1. The summed E-state index contributed by atoms with van der Waals surface area (Å²) in [5.74, 6) is 0.173. The number of amides is 2. The lowest BCUT2D eigenvalue weighted by molar-refractivity contribution is 0.237. The lowest BCUT2D eigenvalue weighted by atomic mass is 10.1. The lowest BCUT2D eigenvalue weighted by Crippen LogP contribution is -2.37. The van der Waals surface area contributed by atoms with Gasteiger partial charge in [-0.05, 0) is 37.6 Å². The van der Waals surface area contributed by atoms with Gasteiger partial charge in [-0.3, -0.25) is 4.68 Å². The SMILES string of the molecule is COc1ccc(F)cc1[C@H](C)NC(=O)NCCCn1cccn1. The van der Waals surface area contributed by atoms with Gasteiger partial charge in [-0.15, -0.1) is 0 Å². The molecule has 0 aliphatic carbocycles. The summed E-state index contributed by atoms with van der Waals surface area (Å²) in [5.41, 5.74) is 0.596. The number of urea groups is 1. The molecule has 1 aromatic heterocycles. The molecule has 124 valence electrons. The van der Waals surface area contributed by atoms with Crippen molar-refractivity contribution in [2.75, 3.05) is 13.7 Å². The smallest absolute Gasteiger partial charge is 0.315 e. The summed E-state index contributed by atoms with van der Waals surface area (Å²) in [4.78, 5) is 11.9. The average Bonchev–Trinajstić information content (AvgIpc) is 3.05. The van der Waals surface area contributed by atoms with Gasteiger partial charge in [-0.2, -0.15) is 5.10 Å². The predicted molar refractivity (Wildman–Crippen MR) is 84.7 cm³/mol. The van der Waals surface area contributed by atoms with Gasteiger partial charge in [-0.1, -0.05) is 0 Å². The van der Waals surface area contributed by atoms with Crippen LogP contribution in [0.25, 0.3) is 0 Å². The Morgan fingerprint density at radius 1 is 1.48 bits per heavy atom. The van der Waals surface area contributed by atoms with E-state index in [2.05, 4.69) is 15.7 Å². The average molecular weight is 320 g/mol. The van der Waals surface area contributed by atoms with E-state index >= 15 is 0 Å². The standard InChI is InChI=1S/C16H21FN4O2/c1-12(14-11-13(17)5-6-15(14)23-2)20-16(22)18-7-3-9-21-10-4-8-19-21/h4-6,8,10-12H,3,7,9H2,1-2H3,(H2,18,20,22)/t12-/m0/s1. The molecular weight excluding hydrogens is 299 g/mol. The Morgan fingerprint density at radius 3 is 3.00 bits per heavy atom. The van der Waals surface area contributed by atoms with Crippen molar-refractivity contribution >= 4 is 6.03 Å². The van der Waals surface area contributed by atoms with Gasteiger partial charge in [0.25, 0.3) is 0 Å². The summed E-state index contributed by atoms with van der Waals surface area (Å²) in [5, 5.41) is 9.63. The molecule has 0 saturated carbocycles. The summed E-state index contributed by atoms with van der Waals surface area (Å²) in [7, 11) is 1.51. The fraction of sp³-hybridized carbons (Fsp3) is 0.375. The number of nitrogens with one attached hydrogen (secondary N) is 2. The van der Waals surface area contributed by atoms with E-state index in [4.69, 9.17) is 4.74 Å². The van der Waals surface area contributed by atoms with E-state index in [1.165, 1.54) is 19.2 Å². The minimum atomic E-state index is -0.369. The number of benzene rings is 1. The largest absolute Gasteiger partial charge is 0.496 e. The van der Waals surface area contributed by atoms with Crippen molar-refractivity contribution in [3.05, 3.63) is 48.0 Å². The van der Waals surface area contributed by atoms with Crippen LogP contribution in [0, 0.1) is 5.82 Å². The first-order valence-electron chi connectivity index (χ1n) is 7.45. The second-order valence-electron chi connectivity index (χ2n) is 5.13. The molecule has 0 radical (unpaired) electrons. The normalized spacial score (nSPS) is 11.8. The second-order valence-corrected chi connectivity index (χ2v) is 5.13. The van der Waals surface area contributed by atoms with Crippen LogP contribution < -0.4 is 15.4 Å².